The van der Waals surface area contributed by atoms with Crippen LogP contribution in [0.5, 0.6) is 5.75 Å². The van der Waals surface area contributed by atoms with Gasteiger partial charge in [0.25, 0.3) is 0 Å². The first-order valence-electron chi connectivity index (χ1n) is 7.55. The molecule has 1 aromatic carbocycles. The fraction of sp³-hybridized carbons (Fsp3) is 0.562. The molecule has 1 aliphatic heterocycles. The lowest BCUT2D eigenvalue weighted by Crippen LogP contribution is -2.47. The summed E-state index contributed by atoms with van der Waals surface area (Å²) in [6.45, 7) is 1.40. The van der Waals surface area contributed by atoms with E-state index < -0.39 is 12.1 Å². The highest BCUT2D eigenvalue weighted by atomic mass is 16.5. The number of benzene rings is 1. The topological polar surface area (TPSA) is 93.8 Å². The number of hydrogen-bond donors (Lipinski definition) is 3. The molecule has 22 heavy (non-hydrogen) atoms. The molecule has 122 valence electrons. The minimum absolute atomic E-state index is 0.107. The maximum absolute atomic E-state index is 12.1. The van der Waals surface area contributed by atoms with Crippen LogP contribution in [0.15, 0.2) is 24.3 Å². The molecule has 1 saturated heterocycles. The number of ether oxygens (including phenoxy) is 2. The second-order valence-corrected chi connectivity index (χ2v) is 5.48. The molecule has 1 aliphatic rings. The second kappa shape index (κ2) is 8.12. The standard InChI is InChI=1S/C16H24N2O4/c1-21-14-5-3-2-4-12(14)13(19)10-18-16(20)15(17)11-6-8-22-9-7-11/h2-5,11,13,15,19H,6-10,17H2,1H3,(H,18,20). The van der Waals surface area contributed by atoms with Gasteiger partial charge in [0, 0.05) is 25.3 Å². The summed E-state index contributed by atoms with van der Waals surface area (Å²) >= 11 is 0. The van der Waals surface area contributed by atoms with Gasteiger partial charge in [-0.1, -0.05) is 18.2 Å². The fourth-order valence-electron chi connectivity index (χ4n) is 2.66. The van der Waals surface area contributed by atoms with E-state index in [-0.39, 0.29) is 18.4 Å². The van der Waals surface area contributed by atoms with Crippen molar-refractivity contribution in [1.82, 2.24) is 5.32 Å². The van der Waals surface area contributed by atoms with Gasteiger partial charge in [-0.15, -0.1) is 0 Å². The molecule has 1 fully saturated rings. The lowest BCUT2D eigenvalue weighted by molar-refractivity contribution is -0.124. The molecule has 1 heterocycles. The van der Waals surface area contributed by atoms with E-state index in [0.717, 1.165) is 12.8 Å². The number of nitrogens with two attached hydrogens (primary N) is 1. The summed E-state index contributed by atoms with van der Waals surface area (Å²) in [5, 5.41) is 12.9. The van der Waals surface area contributed by atoms with E-state index in [0.29, 0.717) is 24.5 Å². The van der Waals surface area contributed by atoms with Crippen molar-refractivity contribution in [3.05, 3.63) is 29.8 Å². The molecule has 6 nitrogen and oxygen atoms in total. The van der Waals surface area contributed by atoms with Gasteiger partial charge in [-0.3, -0.25) is 4.79 Å². The van der Waals surface area contributed by atoms with Crippen molar-refractivity contribution in [2.24, 2.45) is 11.7 Å². The number of para-hydroxylation sites is 1. The Bertz CT molecular complexity index is 489. The van der Waals surface area contributed by atoms with E-state index in [1.165, 1.54) is 0 Å². The number of hydrogen-bond acceptors (Lipinski definition) is 5. The van der Waals surface area contributed by atoms with E-state index in [2.05, 4.69) is 5.32 Å². The molecule has 1 amide bonds. The third-order valence-corrected chi connectivity index (χ3v) is 4.04. The number of nitrogens with one attached hydrogen (secondary N) is 1. The SMILES string of the molecule is COc1ccccc1C(O)CNC(=O)C(N)C1CCOCC1. The molecule has 0 saturated carbocycles. The Kier molecular flexibility index (Phi) is 6.18. The molecule has 0 radical (unpaired) electrons. The van der Waals surface area contributed by atoms with Crippen LogP contribution in [0.25, 0.3) is 0 Å². The fourth-order valence-corrected chi connectivity index (χ4v) is 2.66. The maximum Gasteiger partial charge on any atom is 0.237 e. The summed E-state index contributed by atoms with van der Waals surface area (Å²) in [6, 6.07) is 6.63. The largest absolute Gasteiger partial charge is 0.496 e. The highest BCUT2D eigenvalue weighted by Crippen LogP contribution is 2.24. The zero-order valence-electron chi connectivity index (χ0n) is 12.8. The molecule has 1 aromatic rings. The second-order valence-electron chi connectivity index (χ2n) is 5.48. The lowest BCUT2D eigenvalue weighted by atomic mass is 9.92. The molecule has 2 unspecified atom stereocenters. The lowest BCUT2D eigenvalue weighted by Gasteiger charge is -2.27. The molecule has 2 atom stereocenters. The van der Waals surface area contributed by atoms with Gasteiger partial charge < -0.3 is 25.6 Å². The Morgan fingerprint density at radius 1 is 1.45 bits per heavy atom. The summed E-state index contributed by atoms with van der Waals surface area (Å²) in [6.07, 6.45) is 0.759. The number of aliphatic hydroxyl groups is 1. The van der Waals surface area contributed by atoms with Crippen molar-refractivity contribution in [1.29, 1.82) is 0 Å². The Balaban J connectivity index is 1.87. The van der Waals surface area contributed by atoms with E-state index >= 15 is 0 Å². The Hall–Kier alpha value is -1.63. The van der Waals surface area contributed by atoms with E-state index in [1.807, 2.05) is 12.1 Å². The number of aliphatic hydroxyl groups excluding tert-OH is 1. The molecule has 4 N–H and O–H groups in total. The third kappa shape index (κ3) is 4.19. The molecule has 0 aromatic heterocycles. The predicted octanol–water partition coefficient (Wildman–Crippen LogP) is 0.599. The van der Waals surface area contributed by atoms with Gasteiger partial charge in [0.15, 0.2) is 0 Å². The smallest absolute Gasteiger partial charge is 0.237 e. The van der Waals surface area contributed by atoms with Gasteiger partial charge in [-0.2, -0.15) is 0 Å². The summed E-state index contributed by atoms with van der Waals surface area (Å²) < 4.78 is 10.5. The number of carbonyl (C=O) groups excluding carboxylic acids is 1. The van der Waals surface area contributed by atoms with Crippen molar-refractivity contribution >= 4 is 5.91 Å². The monoisotopic (exact) mass is 308 g/mol. The molecule has 2 rings (SSSR count). The zero-order valence-corrected chi connectivity index (χ0v) is 12.8. The molecule has 0 aliphatic carbocycles. The van der Waals surface area contributed by atoms with Crippen LogP contribution in [-0.2, 0) is 9.53 Å². The summed E-state index contributed by atoms with van der Waals surface area (Å²) in [7, 11) is 1.55. The van der Waals surface area contributed by atoms with E-state index in [9.17, 15) is 9.90 Å². The number of methoxy groups -OCH3 is 1. The quantitative estimate of drug-likeness (QED) is 0.715. The van der Waals surface area contributed by atoms with Crippen LogP contribution in [0.2, 0.25) is 0 Å². The first kappa shape index (κ1) is 16.7. The maximum atomic E-state index is 12.1. The highest BCUT2D eigenvalue weighted by Gasteiger charge is 2.27. The van der Waals surface area contributed by atoms with Gasteiger partial charge in [0.05, 0.1) is 19.3 Å². The average molecular weight is 308 g/mol. The van der Waals surface area contributed by atoms with Gasteiger partial charge in [-0.25, -0.2) is 0 Å². The molecular formula is C16H24N2O4. The first-order valence-corrected chi connectivity index (χ1v) is 7.55. The van der Waals surface area contributed by atoms with Crippen LogP contribution < -0.4 is 15.8 Å². The summed E-state index contributed by atoms with van der Waals surface area (Å²) in [4.78, 5) is 12.1. The predicted molar refractivity (Wildman–Crippen MR) is 82.5 cm³/mol. The van der Waals surface area contributed by atoms with Crippen molar-refractivity contribution in [2.75, 3.05) is 26.9 Å². The molecular weight excluding hydrogens is 284 g/mol. The Morgan fingerprint density at radius 3 is 2.82 bits per heavy atom. The third-order valence-electron chi connectivity index (χ3n) is 4.04. The highest BCUT2D eigenvalue weighted by molar-refractivity contribution is 5.81. The van der Waals surface area contributed by atoms with E-state index in [4.69, 9.17) is 15.2 Å². The van der Waals surface area contributed by atoms with Gasteiger partial charge >= 0.3 is 0 Å². The van der Waals surface area contributed by atoms with Crippen molar-refractivity contribution < 1.29 is 19.4 Å². The van der Waals surface area contributed by atoms with Gasteiger partial charge in [-0.05, 0) is 24.8 Å². The first-order chi connectivity index (χ1) is 10.6. The average Bonchev–Trinajstić information content (AvgIpc) is 2.59. The van der Waals surface area contributed by atoms with Crippen LogP contribution in [0.3, 0.4) is 0 Å². The van der Waals surface area contributed by atoms with Crippen LogP contribution in [0.4, 0.5) is 0 Å². The van der Waals surface area contributed by atoms with Crippen molar-refractivity contribution in [2.45, 2.75) is 25.0 Å². The van der Waals surface area contributed by atoms with Crippen LogP contribution in [0, 0.1) is 5.92 Å². The van der Waals surface area contributed by atoms with Crippen LogP contribution >= 0.6 is 0 Å². The molecule has 6 heteroatoms. The number of rotatable bonds is 6. The molecule has 0 bridgehead atoms. The van der Waals surface area contributed by atoms with Gasteiger partial charge in [0.2, 0.25) is 5.91 Å². The van der Waals surface area contributed by atoms with Crippen LogP contribution in [-0.4, -0.2) is 43.9 Å². The summed E-state index contributed by atoms with van der Waals surface area (Å²) in [5.74, 6) is 0.496. The summed E-state index contributed by atoms with van der Waals surface area (Å²) in [5.41, 5.74) is 6.64. The Labute approximate surface area is 130 Å². The van der Waals surface area contributed by atoms with E-state index in [1.54, 1.807) is 19.2 Å². The minimum atomic E-state index is -0.831. The number of carbonyl (C=O) groups is 1. The zero-order chi connectivity index (χ0) is 15.9. The number of amides is 1. The van der Waals surface area contributed by atoms with Crippen LogP contribution in [0.1, 0.15) is 24.5 Å². The van der Waals surface area contributed by atoms with Crippen molar-refractivity contribution in [3.8, 4) is 5.75 Å². The Morgan fingerprint density at radius 2 is 2.14 bits per heavy atom. The molecule has 0 spiro atoms. The van der Waals surface area contributed by atoms with Gasteiger partial charge in [0.1, 0.15) is 5.75 Å². The normalized spacial score (nSPS) is 18.5. The van der Waals surface area contributed by atoms with Crippen molar-refractivity contribution in [3.63, 3.8) is 0 Å². The minimum Gasteiger partial charge on any atom is -0.496 e.